The fourth-order valence-corrected chi connectivity index (χ4v) is 3.06. The van der Waals surface area contributed by atoms with Crippen LogP contribution in [0.1, 0.15) is 30.4 Å². The van der Waals surface area contributed by atoms with Gasteiger partial charge in [0.2, 0.25) is 0 Å². The summed E-state index contributed by atoms with van der Waals surface area (Å²) in [6, 6.07) is 6.10. The van der Waals surface area contributed by atoms with Gasteiger partial charge in [0, 0.05) is 31.3 Å². The minimum absolute atomic E-state index is 0.296. The van der Waals surface area contributed by atoms with E-state index in [0.717, 1.165) is 36.6 Å². The highest BCUT2D eigenvalue weighted by molar-refractivity contribution is 6.31. The molecule has 0 saturated carbocycles. The fraction of sp³-hybridized carbons (Fsp3) is 0.600. The summed E-state index contributed by atoms with van der Waals surface area (Å²) in [7, 11) is 0. The second kappa shape index (κ2) is 7.25. The molecule has 3 nitrogen and oxygen atoms in total. The number of hydrogen-bond donors (Lipinski definition) is 2. The zero-order chi connectivity index (χ0) is 13.7. The van der Waals surface area contributed by atoms with Gasteiger partial charge < -0.3 is 10.8 Å². The van der Waals surface area contributed by atoms with E-state index in [-0.39, 0.29) is 0 Å². The van der Waals surface area contributed by atoms with Gasteiger partial charge in [-0.2, -0.15) is 0 Å². The van der Waals surface area contributed by atoms with Crippen LogP contribution in [-0.4, -0.2) is 29.7 Å². The number of nitrogens with zero attached hydrogens (tertiary/aromatic N) is 1. The van der Waals surface area contributed by atoms with E-state index in [1.807, 2.05) is 6.07 Å². The summed E-state index contributed by atoms with van der Waals surface area (Å²) in [5.41, 5.74) is 7.86. The first kappa shape index (κ1) is 14.8. The molecule has 106 valence electrons. The zero-order valence-corrected chi connectivity index (χ0v) is 12.1. The average molecular weight is 283 g/mol. The second-order valence-corrected chi connectivity index (χ2v) is 5.79. The Kier molecular flexibility index (Phi) is 5.64. The van der Waals surface area contributed by atoms with Gasteiger partial charge in [0.25, 0.3) is 0 Å². The van der Waals surface area contributed by atoms with Crippen molar-refractivity contribution in [3.8, 4) is 0 Å². The van der Waals surface area contributed by atoms with E-state index >= 15 is 0 Å². The number of aliphatic hydroxyl groups excluding tert-OH is 1. The van der Waals surface area contributed by atoms with E-state index in [9.17, 15) is 0 Å². The molecule has 1 saturated heterocycles. The van der Waals surface area contributed by atoms with Crippen LogP contribution in [0.4, 0.5) is 0 Å². The Balaban J connectivity index is 1.96. The monoisotopic (exact) mass is 282 g/mol. The SMILES string of the molecule is NCc1ccc(CN2CCCC(CCO)C2)c(Cl)c1. The summed E-state index contributed by atoms with van der Waals surface area (Å²) in [6.07, 6.45) is 3.36. The molecule has 1 aromatic rings. The predicted octanol–water partition coefficient (Wildman–Crippen LogP) is 2.39. The van der Waals surface area contributed by atoms with Crippen LogP contribution in [0.2, 0.25) is 5.02 Å². The molecule has 0 aliphatic carbocycles. The molecule has 1 heterocycles. The molecule has 0 spiro atoms. The van der Waals surface area contributed by atoms with Gasteiger partial charge in [-0.15, -0.1) is 0 Å². The number of hydrogen-bond acceptors (Lipinski definition) is 3. The van der Waals surface area contributed by atoms with Crippen LogP contribution in [0.25, 0.3) is 0 Å². The van der Waals surface area contributed by atoms with Gasteiger partial charge >= 0.3 is 0 Å². The molecule has 2 rings (SSSR count). The number of aliphatic hydroxyl groups is 1. The van der Waals surface area contributed by atoms with Crippen molar-refractivity contribution in [1.82, 2.24) is 4.90 Å². The van der Waals surface area contributed by atoms with E-state index in [1.165, 1.54) is 18.4 Å². The van der Waals surface area contributed by atoms with Crippen LogP contribution in [0, 0.1) is 5.92 Å². The number of piperidine rings is 1. The highest BCUT2D eigenvalue weighted by Gasteiger charge is 2.20. The van der Waals surface area contributed by atoms with Crippen molar-refractivity contribution < 1.29 is 5.11 Å². The van der Waals surface area contributed by atoms with Crippen molar-refractivity contribution >= 4 is 11.6 Å². The standard InChI is InChI=1S/C15H23ClN2O/c16-15-8-13(9-17)3-4-14(15)11-18-6-1-2-12(10-18)5-7-19/h3-4,8,12,19H,1-2,5-7,9-11,17H2. The number of halogens is 1. The lowest BCUT2D eigenvalue weighted by Crippen LogP contribution is -2.35. The van der Waals surface area contributed by atoms with E-state index in [2.05, 4.69) is 17.0 Å². The van der Waals surface area contributed by atoms with Crippen LogP contribution < -0.4 is 5.73 Å². The lowest BCUT2D eigenvalue weighted by atomic mass is 9.95. The number of nitrogens with two attached hydrogens (primary N) is 1. The third kappa shape index (κ3) is 4.18. The zero-order valence-electron chi connectivity index (χ0n) is 11.3. The smallest absolute Gasteiger partial charge is 0.0454 e. The van der Waals surface area contributed by atoms with E-state index in [1.54, 1.807) is 0 Å². The topological polar surface area (TPSA) is 49.5 Å². The maximum absolute atomic E-state index is 9.04. The molecular formula is C15H23ClN2O. The molecule has 0 aromatic heterocycles. The first-order valence-corrected chi connectivity index (χ1v) is 7.41. The molecule has 1 aliphatic rings. The van der Waals surface area contributed by atoms with Crippen molar-refractivity contribution in [3.05, 3.63) is 34.3 Å². The quantitative estimate of drug-likeness (QED) is 0.872. The Morgan fingerprint density at radius 2 is 2.26 bits per heavy atom. The minimum Gasteiger partial charge on any atom is -0.396 e. The summed E-state index contributed by atoms with van der Waals surface area (Å²) < 4.78 is 0. The summed E-state index contributed by atoms with van der Waals surface area (Å²) >= 11 is 6.30. The highest BCUT2D eigenvalue weighted by Crippen LogP contribution is 2.24. The summed E-state index contributed by atoms with van der Waals surface area (Å²) in [4.78, 5) is 2.44. The molecule has 3 N–H and O–H groups in total. The van der Waals surface area contributed by atoms with Crippen molar-refractivity contribution in [1.29, 1.82) is 0 Å². The normalized spacial score (nSPS) is 20.7. The van der Waals surface area contributed by atoms with E-state index in [0.29, 0.717) is 19.1 Å². The third-order valence-electron chi connectivity index (χ3n) is 3.89. The summed E-state index contributed by atoms with van der Waals surface area (Å²) in [6.45, 7) is 3.91. The first-order chi connectivity index (χ1) is 9.22. The first-order valence-electron chi connectivity index (χ1n) is 7.03. The van der Waals surface area contributed by atoms with Crippen molar-refractivity contribution in [2.75, 3.05) is 19.7 Å². The van der Waals surface area contributed by atoms with Gasteiger partial charge in [0.05, 0.1) is 0 Å². The van der Waals surface area contributed by atoms with Gasteiger partial charge in [-0.1, -0.05) is 23.7 Å². The van der Waals surface area contributed by atoms with Crippen molar-refractivity contribution in [2.45, 2.75) is 32.4 Å². The Bertz CT molecular complexity index is 409. The molecule has 4 heteroatoms. The third-order valence-corrected chi connectivity index (χ3v) is 4.24. The summed E-state index contributed by atoms with van der Waals surface area (Å²) in [5, 5.41) is 9.86. The number of benzene rings is 1. The molecule has 1 aromatic carbocycles. The second-order valence-electron chi connectivity index (χ2n) is 5.39. The predicted molar refractivity (Wildman–Crippen MR) is 79.0 cm³/mol. The van der Waals surface area contributed by atoms with Crippen LogP contribution in [0.5, 0.6) is 0 Å². The maximum atomic E-state index is 9.04. The molecule has 19 heavy (non-hydrogen) atoms. The Morgan fingerprint density at radius 3 is 2.95 bits per heavy atom. The van der Waals surface area contributed by atoms with Gasteiger partial charge in [-0.25, -0.2) is 0 Å². The Labute approximate surface area is 120 Å². The van der Waals surface area contributed by atoms with Crippen LogP contribution in [0.15, 0.2) is 18.2 Å². The van der Waals surface area contributed by atoms with E-state index in [4.69, 9.17) is 22.4 Å². The molecular weight excluding hydrogens is 260 g/mol. The minimum atomic E-state index is 0.296. The Morgan fingerprint density at radius 1 is 1.42 bits per heavy atom. The van der Waals surface area contributed by atoms with Gasteiger partial charge in [0.15, 0.2) is 0 Å². The van der Waals surface area contributed by atoms with E-state index < -0.39 is 0 Å². The number of rotatable bonds is 5. The van der Waals surface area contributed by atoms with Crippen molar-refractivity contribution in [3.63, 3.8) is 0 Å². The average Bonchev–Trinajstić information content (AvgIpc) is 2.42. The lowest BCUT2D eigenvalue weighted by molar-refractivity contribution is 0.142. The van der Waals surface area contributed by atoms with Crippen LogP contribution >= 0.6 is 11.6 Å². The fourth-order valence-electron chi connectivity index (χ4n) is 2.80. The molecule has 0 amide bonds. The molecule has 1 aliphatic heterocycles. The van der Waals surface area contributed by atoms with Gasteiger partial charge in [-0.3, -0.25) is 4.90 Å². The van der Waals surface area contributed by atoms with Crippen LogP contribution in [0.3, 0.4) is 0 Å². The summed E-state index contributed by atoms with van der Waals surface area (Å²) in [5.74, 6) is 0.626. The molecule has 0 radical (unpaired) electrons. The molecule has 0 bridgehead atoms. The largest absolute Gasteiger partial charge is 0.396 e. The highest BCUT2D eigenvalue weighted by atomic mass is 35.5. The van der Waals surface area contributed by atoms with Crippen LogP contribution in [-0.2, 0) is 13.1 Å². The molecule has 1 atom stereocenters. The van der Waals surface area contributed by atoms with Gasteiger partial charge in [-0.05, 0) is 48.9 Å². The number of likely N-dealkylation sites (tertiary alicyclic amines) is 1. The lowest BCUT2D eigenvalue weighted by Gasteiger charge is -2.32. The maximum Gasteiger partial charge on any atom is 0.0454 e. The van der Waals surface area contributed by atoms with Crippen molar-refractivity contribution in [2.24, 2.45) is 11.7 Å². The molecule has 1 unspecified atom stereocenters. The Hall–Kier alpha value is -0.610. The molecule has 1 fully saturated rings. The van der Waals surface area contributed by atoms with Gasteiger partial charge in [0.1, 0.15) is 0 Å².